The Morgan fingerprint density at radius 3 is 2.63 bits per heavy atom. The highest BCUT2D eigenvalue weighted by Crippen LogP contribution is 2.27. The molecular formula is C14H11Cl2NOS. The van der Waals surface area contributed by atoms with Crippen LogP contribution in [0.2, 0.25) is 10.0 Å². The zero-order valence-corrected chi connectivity index (χ0v) is 12.4. The maximum Gasteiger partial charge on any atom is 0.257 e. The molecule has 2 nitrogen and oxygen atoms in total. The molecule has 0 saturated heterocycles. The van der Waals surface area contributed by atoms with Crippen LogP contribution in [-0.4, -0.2) is 12.2 Å². The molecule has 1 amide bonds. The van der Waals surface area contributed by atoms with Gasteiger partial charge in [-0.1, -0.05) is 35.3 Å². The second-order valence-corrected chi connectivity index (χ2v) is 5.47. The van der Waals surface area contributed by atoms with Crippen molar-refractivity contribution in [3.63, 3.8) is 0 Å². The third-order valence-electron chi connectivity index (χ3n) is 2.53. The fourth-order valence-electron chi connectivity index (χ4n) is 1.61. The van der Waals surface area contributed by atoms with Crippen molar-refractivity contribution in [1.82, 2.24) is 0 Å². The van der Waals surface area contributed by atoms with E-state index in [2.05, 4.69) is 5.32 Å². The summed E-state index contributed by atoms with van der Waals surface area (Å²) in [6.07, 6.45) is 1.96. The lowest BCUT2D eigenvalue weighted by atomic mass is 10.2. The van der Waals surface area contributed by atoms with E-state index in [0.29, 0.717) is 15.6 Å². The molecule has 2 aromatic rings. The number of para-hydroxylation sites is 1. The van der Waals surface area contributed by atoms with Crippen molar-refractivity contribution >= 4 is 46.6 Å². The first-order valence-corrected chi connectivity index (χ1v) is 7.49. The van der Waals surface area contributed by atoms with E-state index in [1.54, 1.807) is 30.0 Å². The van der Waals surface area contributed by atoms with Gasteiger partial charge in [-0.3, -0.25) is 4.79 Å². The fourth-order valence-corrected chi connectivity index (χ4v) is 2.54. The highest BCUT2D eigenvalue weighted by atomic mass is 35.5. The molecule has 0 aliphatic rings. The molecule has 19 heavy (non-hydrogen) atoms. The van der Waals surface area contributed by atoms with E-state index in [1.165, 1.54) is 0 Å². The second kappa shape index (κ2) is 6.33. The molecule has 0 atom stereocenters. The standard InChI is InChI=1S/C14H11Cl2NOS/c1-19-13-5-3-2-4-12(13)17-14(18)10-8-9(15)6-7-11(10)16/h2-8H,1H3,(H,17,18). The molecule has 0 aliphatic heterocycles. The molecule has 0 spiro atoms. The molecule has 0 bridgehead atoms. The molecule has 98 valence electrons. The number of rotatable bonds is 3. The normalized spacial score (nSPS) is 10.3. The Labute approximate surface area is 126 Å². The largest absolute Gasteiger partial charge is 0.321 e. The van der Waals surface area contributed by atoms with Gasteiger partial charge in [-0.15, -0.1) is 11.8 Å². The summed E-state index contributed by atoms with van der Waals surface area (Å²) in [5.41, 5.74) is 1.13. The predicted molar refractivity (Wildman–Crippen MR) is 82.6 cm³/mol. The van der Waals surface area contributed by atoms with Crippen LogP contribution in [0.5, 0.6) is 0 Å². The number of hydrogen-bond acceptors (Lipinski definition) is 2. The number of carbonyl (C=O) groups is 1. The lowest BCUT2D eigenvalue weighted by molar-refractivity contribution is 0.102. The van der Waals surface area contributed by atoms with Gasteiger partial charge in [0.2, 0.25) is 0 Å². The monoisotopic (exact) mass is 311 g/mol. The van der Waals surface area contributed by atoms with E-state index in [1.807, 2.05) is 30.5 Å². The minimum atomic E-state index is -0.269. The Morgan fingerprint density at radius 1 is 1.16 bits per heavy atom. The molecule has 0 radical (unpaired) electrons. The maximum atomic E-state index is 12.2. The highest BCUT2D eigenvalue weighted by molar-refractivity contribution is 7.98. The smallest absolute Gasteiger partial charge is 0.257 e. The summed E-state index contributed by atoms with van der Waals surface area (Å²) >= 11 is 13.5. The molecule has 0 fully saturated rings. The van der Waals surface area contributed by atoms with Gasteiger partial charge in [0.25, 0.3) is 5.91 Å². The molecule has 5 heteroatoms. The van der Waals surface area contributed by atoms with Gasteiger partial charge in [0.15, 0.2) is 0 Å². The Balaban J connectivity index is 2.28. The maximum absolute atomic E-state index is 12.2. The number of halogens is 2. The van der Waals surface area contributed by atoms with Gasteiger partial charge >= 0.3 is 0 Å². The number of benzene rings is 2. The molecule has 0 heterocycles. The first-order valence-electron chi connectivity index (χ1n) is 5.51. The number of hydrogen-bond donors (Lipinski definition) is 1. The summed E-state index contributed by atoms with van der Waals surface area (Å²) in [6, 6.07) is 12.4. The Kier molecular flexibility index (Phi) is 4.75. The molecular weight excluding hydrogens is 301 g/mol. The molecule has 2 aromatic carbocycles. The number of thioether (sulfide) groups is 1. The van der Waals surface area contributed by atoms with Crippen molar-refractivity contribution in [2.75, 3.05) is 11.6 Å². The summed E-state index contributed by atoms with van der Waals surface area (Å²) < 4.78 is 0. The predicted octanol–water partition coefficient (Wildman–Crippen LogP) is 4.97. The van der Waals surface area contributed by atoms with Gasteiger partial charge in [-0.05, 0) is 36.6 Å². The first kappa shape index (κ1) is 14.3. The Bertz CT molecular complexity index is 616. The molecule has 0 saturated carbocycles. The van der Waals surface area contributed by atoms with Gasteiger partial charge < -0.3 is 5.32 Å². The van der Waals surface area contributed by atoms with Crippen LogP contribution in [-0.2, 0) is 0 Å². The van der Waals surface area contributed by atoms with Crippen LogP contribution in [0.1, 0.15) is 10.4 Å². The van der Waals surface area contributed by atoms with Gasteiger partial charge in [-0.2, -0.15) is 0 Å². The number of carbonyl (C=O) groups excluding carboxylic acids is 1. The minimum absolute atomic E-state index is 0.269. The summed E-state index contributed by atoms with van der Waals surface area (Å²) in [7, 11) is 0. The quantitative estimate of drug-likeness (QED) is 0.811. The Hall–Kier alpha value is -1.16. The number of amides is 1. The third-order valence-corrected chi connectivity index (χ3v) is 3.89. The molecule has 0 aliphatic carbocycles. The number of anilines is 1. The highest BCUT2D eigenvalue weighted by Gasteiger charge is 2.12. The van der Waals surface area contributed by atoms with Crippen LogP contribution in [0.4, 0.5) is 5.69 Å². The summed E-state index contributed by atoms with van der Waals surface area (Å²) in [5.74, 6) is -0.269. The van der Waals surface area contributed by atoms with E-state index in [4.69, 9.17) is 23.2 Å². The second-order valence-electron chi connectivity index (χ2n) is 3.78. The first-order chi connectivity index (χ1) is 9.11. The van der Waals surface area contributed by atoms with E-state index < -0.39 is 0 Å². The zero-order chi connectivity index (χ0) is 13.8. The fraction of sp³-hybridized carbons (Fsp3) is 0.0714. The molecule has 0 aromatic heterocycles. The van der Waals surface area contributed by atoms with E-state index in [-0.39, 0.29) is 5.91 Å². The van der Waals surface area contributed by atoms with Crippen molar-refractivity contribution in [1.29, 1.82) is 0 Å². The van der Waals surface area contributed by atoms with Gasteiger partial charge in [0.1, 0.15) is 0 Å². The van der Waals surface area contributed by atoms with Crippen molar-refractivity contribution in [3.05, 3.63) is 58.1 Å². The Morgan fingerprint density at radius 2 is 1.89 bits per heavy atom. The van der Waals surface area contributed by atoms with Crippen molar-refractivity contribution in [3.8, 4) is 0 Å². The van der Waals surface area contributed by atoms with Gasteiger partial charge in [-0.25, -0.2) is 0 Å². The van der Waals surface area contributed by atoms with Crippen molar-refractivity contribution in [2.24, 2.45) is 0 Å². The van der Waals surface area contributed by atoms with Crippen LogP contribution >= 0.6 is 35.0 Å². The number of nitrogens with one attached hydrogen (secondary N) is 1. The lowest BCUT2D eigenvalue weighted by Crippen LogP contribution is -2.13. The summed E-state index contributed by atoms with van der Waals surface area (Å²) in [5, 5.41) is 3.70. The molecule has 0 unspecified atom stereocenters. The third kappa shape index (κ3) is 3.44. The van der Waals surface area contributed by atoms with Gasteiger partial charge in [0, 0.05) is 9.92 Å². The van der Waals surface area contributed by atoms with E-state index in [0.717, 1.165) is 10.6 Å². The minimum Gasteiger partial charge on any atom is -0.321 e. The average molecular weight is 312 g/mol. The van der Waals surface area contributed by atoms with Gasteiger partial charge in [0.05, 0.1) is 16.3 Å². The molecule has 1 N–H and O–H groups in total. The van der Waals surface area contributed by atoms with Crippen molar-refractivity contribution in [2.45, 2.75) is 4.90 Å². The zero-order valence-electron chi connectivity index (χ0n) is 10.1. The van der Waals surface area contributed by atoms with Crippen LogP contribution in [0.25, 0.3) is 0 Å². The SMILES string of the molecule is CSc1ccccc1NC(=O)c1cc(Cl)ccc1Cl. The molecule has 2 rings (SSSR count). The van der Waals surface area contributed by atoms with E-state index >= 15 is 0 Å². The average Bonchev–Trinajstić information content (AvgIpc) is 2.42. The summed E-state index contributed by atoms with van der Waals surface area (Å²) in [6.45, 7) is 0. The summed E-state index contributed by atoms with van der Waals surface area (Å²) in [4.78, 5) is 13.2. The van der Waals surface area contributed by atoms with Crippen LogP contribution in [0.15, 0.2) is 47.4 Å². The van der Waals surface area contributed by atoms with Crippen LogP contribution in [0, 0.1) is 0 Å². The van der Waals surface area contributed by atoms with Crippen LogP contribution in [0.3, 0.4) is 0 Å². The van der Waals surface area contributed by atoms with Crippen molar-refractivity contribution < 1.29 is 4.79 Å². The topological polar surface area (TPSA) is 29.1 Å². The van der Waals surface area contributed by atoms with E-state index in [9.17, 15) is 4.79 Å². The van der Waals surface area contributed by atoms with Crippen LogP contribution < -0.4 is 5.32 Å². The lowest BCUT2D eigenvalue weighted by Gasteiger charge is -2.10.